The summed E-state index contributed by atoms with van der Waals surface area (Å²) in [6.45, 7) is 1.45. The van der Waals surface area contributed by atoms with Gasteiger partial charge in [0.15, 0.2) is 0 Å². The van der Waals surface area contributed by atoms with Crippen molar-refractivity contribution in [2.24, 2.45) is 0 Å². The fourth-order valence-corrected chi connectivity index (χ4v) is 2.86. The highest BCUT2D eigenvalue weighted by atomic mass is 16.5. The smallest absolute Gasteiger partial charge is 0.407 e. The summed E-state index contributed by atoms with van der Waals surface area (Å²) >= 11 is 0. The van der Waals surface area contributed by atoms with E-state index in [9.17, 15) is 4.79 Å². The highest BCUT2D eigenvalue weighted by Crippen LogP contribution is 2.39. The van der Waals surface area contributed by atoms with Crippen LogP contribution in [0.1, 0.15) is 17.0 Å². The minimum absolute atomic E-state index is 0.0271. The van der Waals surface area contributed by atoms with Crippen LogP contribution in [0.4, 0.5) is 4.79 Å². The van der Waals surface area contributed by atoms with Crippen LogP contribution in [0.2, 0.25) is 0 Å². The van der Waals surface area contributed by atoms with Crippen molar-refractivity contribution in [3.63, 3.8) is 0 Å². The molecule has 2 aliphatic heterocycles. The van der Waals surface area contributed by atoms with Crippen molar-refractivity contribution in [2.45, 2.75) is 18.6 Å². The minimum Gasteiger partial charge on any atom is -0.496 e. The lowest BCUT2D eigenvalue weighted by atomic mass is 9.89. The van der Waals surface area contributed by atoms with E-state index >= 15 is 0 Å². The zero-order chi connectivity index (χ0) is 12.7. The summed E-state index contributed by atoms with van der Waals surface area (Å²) < 4.78 is 11.1. The van der Waals surface area contributed by atoms with Gasteiger partial charge >= 0.3 is 6.09 Å². The Bertz CT molecular complexity index is 488. The van der Waals surface area contributed by atoms with Crippen molar-refractivity contribution in [1.82, 2.24) is 4.90 Å². The van der Waals surface area contributed by atoms with E-state index in [1.807, 2.05) is 18.2 Å². The van der Waals surface area contributed by atoms with Crippen molar-refractivity contribution in [3.05, 3.63) is 29.3 Å². The van der Waals surface area contributed by atoms with Gasteiger partial charge in [0.1, 0.15) is 5.75 Å². The number of methoxy groups -OCH3 is 1. The highest BCUT2D eigenvalue weighted by Gasteiger charge is 2.41. The lowest BCUT2D eigenvalue weighted by Crippen LogP contribution is -2.29. The summed E-state index contributed by atoms with van der Waals surface area (Å²) in [4.78, 5) is 12.4. The molecule has 1 aromatic carbocycles. The van der Waals surface area contributed by atoms with Gasteiger partial charge in [0.05, 0.1) is 26.4 Å². The molecule has 1 fully saturated rings. The average molecular weight is 249 g/mol. The quantitative estimate of drug-likeness (QED) is 0.822. The standard InChI is InChI=1S/C13H15NO4/c1-17-11-4-2-3-8-9-5-14(13(15)16)6-12(9)18-7-10(8)11/h2-4,9,12H,5-7H2,1H3,(H,15,16). The number of carbonyl (C=O) groups is 1. The SMILES string of the molecule is COc1cccc2c1COC1CN(C(=O)O)CC21. The normalized spacial score (nSPS) is 25.5. The highest BCUT2D eigenvalue weighted by molar-refractivity contribution is 5.66. The number of carboxylic acid groups (broad SMARTS) is 1. The second-order valence-electron chi connectivity index (χ2n) is 4.67. The number of benzene rings is 1. The minimum atomic E-state index is -0.877. The second-order valence-corrected chi connectivity index (χ2v) is 4.67. The van der Waals surface area contributed by atoms with Gasteiger partial charge in [0.25, 0.3) is 0 Å². The Labute approximate surface area is 105 Å². The van der Waals surface area contributed by atoms with Gasteiger partial charge in [0, 0.05) is 18.0 Å². The molecule has 2 aliphatic rings. The topological polar surface area (TPSA) is 59.0 Å². The molecule has 2 atom stereocenters. The van der Waals surface area contributed by atoms with Gasteiger partial charge in [-0.05, 0) is 11.6 Å². The first-order valence-corrected chi connectivity index (χ1v) is 5.96. The molecule has 5 nitrogen and oxygen atoms in total. The first kappa shape index (κ1) is 11.3. The van der Waals surface area contributed by atoms with Crippen LogP contribution < -0.4 is 4.74 Å². The van der Waals surface area contributed by atoms with E-state index in [4.69, 9.17) is 14.6 Å². The Hall–Kier alpha value is -1.75. The zero-order valence-electron chi connectivity index (χ0n) is 10.1. The monoisotopic (exact) mass is 249 g/mol. The predicted molar refractivity (Wildman–Crippen MR) is 63.9 cm³/mol. The van der Waals surface area contributed by atoms with E-state index in [1.165, 1.54) is 4.90 Å². The second kappa shape index (κ2) is 4.17. The van der Waals surface area contributed by atoms with Crippen molar-refractivity contribution < 1.29 is 19.4 Å². The molecule has 1 aromatic rings. The molecular weight excluding hydrogens is 234 g/mol. The lowest BCUT2D eigenvalue weighted by Gasteiger charge is -2.28. The predicted octanol–water partition coefficient (Wildman–Crippen LogP) is 1.67. The number of ether oxygens (including phenoxy) is 2. The van der Waals surface area contributed by atoms with Gasteiger partial charge in [-0.3, -0.25) is 0 Å². The van der Waals surface area contributed by atoms with Gasteiger partial charge in [0.2, 0.25) is 0 Å². The molecule has 5 heteroatoms. The molecule has 0 radical (unpaired) electrons. The van der Waals surface area contributed by atoms with E-state index in [2.05, 4.69) is 0 Å². The molecule has 0 saturated carbocycles. The third kappa shape index (κ3) is 1.62. The first-order valence-electron chi connectivity index (χ1n) is 5.96. The number of amides is 1. The van der Waals surface area contributed by atoms with Gasteiger partial charge < -0.3 is 19.5 Å². The van der Waals surface area contributed by atoms with Crippen LogP contribution in [-0.4, -0.2) is 42.4 Å². The van der Waals surface area contributed by atoms with Crippen molar-refractivity contribution >= 4 is 6.09 Å². The Balaban J connectivity index is 1.96. The Kier molecular flexibility index (Phi) is 2.63. The Morgan fingerprint density at radius 2 is 2.33 bits per heavy atom. The van der Waals surface area contributed by atoms with Gasteiger partial charge in [-0.15, -0.1) is 0 Å². The maximum Gasteiger partial charge on any atom is 0.407 e. The molecule has 3 rings (SSSR count). The van der Waals surface area contributed by atoms with E-state index in [-0.39, 0.29) is 12.0 Å². The van der Waals surface area contributed by atoms with Crippen molar-refractivity contribution in [2.75, 3.05) is 20.2 Å². The van der Waals surface area contributed by atoms with E-state index in [0.717, 1.165) is 16.9 Å². The average Bonchev–Trinajstić information content (AvgIpc) is 2.82. The van der Waals surface area contributed by atoms with Crippen LogP contribution in [0.25, 0.3) is 0 Å². The summed E-state index contributed by atoms with van der Waals surface area (Å²) in [5, 5.41) is 9.05. The fraction of sp³-hybridized carbons (Fsp3) is 0.462. The maximum absolute atomic E-state index is 11.0. The molecule has 2 unspecified atom stereocenters. The van der Waals surface area contributed by atoms with Crippen LogP contribution in [0.15, 0.2) is 18.2 Å². The number of hydrogen-bond acceptors (Lipinski definition) is 3. The molecule has 0 aliphatic carbocycles. The third-order valence-electron chi connectivity index (χ3n) is 3.77. The molecule has 0 spiro atoms. The molecule has 2 heterocycles. The lowest BCUT2D eigenvalue weighted by molar-refractivity contribution is 0.0242. The zero-order valence-corrected chi connectivity index (χ0v) is 10.1. The van der Waals surface area contributed by atoms with Gasteiger partial charge in [-0.25, -0.2) is 4.79 Å². The van der Waals surface area contributed by atoms with E-state index < -0.39 is 6.09 Å². The van der Waals surface area contributed by atoms with E-state index in [0.29, 0.717) is 19.7 Å². The molecule has 18 heavy (non-hydrogen) atoms. The van der Waals surface area contributed by atoms with Crippen LogP contribution in [0, 0.1) is 0 Å². The third-order valence-corrected chi connectivity index (χ3v) is 3.77. The maximum atomic E-state index is 11.0. The van der Waals surface area contributed by atoms with E-state index in [1.54, 1.807) is 7.11 Å². The molecule has 0 bridgehead atoms. The van der Waals surface area contributed by atoms with Crippen LogP contribution in [0.5, 0.6) is 5.75 Å². The summed E-state index contributed by atoms with van der Waals surface area (Å²) in [6.07, 6.45) is -0.904. The number of likely N-dealkylation sites (tertiary alicyclic amines) is 1. The fourth-order valence-electron chi connectivity index (χ4n) is 2.86. The van der Waals surface area contributed by atoms with Crippen molar-refractivity contribution in [3.8, 4) is 5.75 Å². The molecule has 1 amide bonds. The Morgan fingerprint density at radius 1 is 1.50 bits per heavy atom. The summed E-state index contributed by atoms with van der Waals surface area (Å²) in [6, 6.07) is 5.90. The van der Waals surface area contributed by atoms with Gasteiger partial charge in [-0.2, -0.15) is 0 Å². The largest absolute Gasteiger partial charge is 0.496 e. The molecule has 96 valence electrons. The Morgan fingerprint density at radius 3 is 3.06 bits per heavy atom. The first-order chi connectivity index (χ1) is 8.70. The van der Waals surface area contributed by atoms with Crippen LogP contribution in [0.3, 0.4) is 0 Å². The summed E-state index contributed by atoms with van der Waals surface area (Å²) in [7, 11) is 1.64. The summed E-state index contributed by atoms with van der Waals surface area (Å²) in [5.74, 6) is 0.944. The molecule has 1 saturated heterocycles. The number of hydrogen-bond donors (Lipinski definition) is 1. The van der Waals surface area contributed by atoms with Crippen molar-refractivity contribution in [1.29, 1.82) is 0 Å². The van der Waals surface area contributed by atoms with Gasteiger partial charge in [-0.1, -0.05) is 12.1 Å². The van der Waals surface area contributed by atoms with Crippen LogP contribution in [-0.2, 0) is 11.3 Å². The number of rotatable bonds is 1. The number of fused-ring (bicyclic) bond motifs is 3. The summed E-state index contributed by atoms with van der Waals surface area (Å²) in [5.41, 5.74) is 2.21. The molecule has 1 N–H and O–H groups in total. The molecular formula is C13H15NO4. The van der Waals surface area contributed by atoms with Crippen LogP contribution >= 0.6 is 0 Å². The molecule has 0 aromatic heterocycles. The number of nitrogens with zero attached hydrogens (tertiary/aromatic N) is 1.